The van der Waals surface area contributed by atoms with Crippen LogP contribution in [0, 0.1) is 34.5 Å². The molecule has 4 aliphatic rings. The van der Waals surface area contributed by atoms with Gasteiger partial charge in [-0.2, -0.15) is 0 Å². The highest BCUT2D eigenvalue weighted by Gasteiger charge is 2.58. The van der Waals surface area contributed by atoms with Crippen molar-refractivity contribution in [2.24, 2.45) is 34.5 Å². The minimum Gasteiger partial charge on any atom is -0.393 e. The lowest BCUT2D eigenvalue weighted by molar-refractivity contribution is -0.113. The van der Waals surface area contributed by atoms with E-state index in [-0.39, 0.29) is 16.7 Å². The monoisotopic (exact) mass is 344 g/mol. The summed E-state index contributed by atoms with van der Waals surface area (Å²) in [6.45, 7) is 6.70. The molecule has 0 bridgehead atoms. The topological polar surface area (TPSA) is 57.5 Å². The van der Waals surface area contributed by atoms with Gasteiger partial charge in [0.25, 0.3) is 0 Å². The Balaban J connectivity index is 1.72. The van der Waals surface area contributed by atoms with Crippen LogP contribution in [0.15, 0.2) is 23.3 Å². The number of carbonyl (C=O) groups excluding carboxylic acids is 1. The maximum absolute atomic E-state index is 11.4. The van der Waals surface area contributed by atoms with Crippen molar-refractivity contribution in [3.8, 4) is 0 Å². The van der Waals surface area contributed by atoms with Gasteiger partial charge < -0.3 is 15.0 Å². The fourth-order valence-corrected chi connectivity index (χ4v) is 7.05. The lowest BCUT2D eigenvalue weighted by Crippen LogP contribution is -2.52. The molecule has 8 atom stereocenters. The summed E-state index contributed by atoms with van der Waals surface area (Å²) in [5.74, 6) is 1.53. The third kappa shape index (κ3) is 2.28. The quantitative estimate of drug-likeness (QED) is 0.752. The first-order chi connectivity index (χ1) is 11.8. The summed E-state index contributed by atoms with van der Waals surface area (Å²) >= 11 is 0. The number of fused-ring (bicyclic) bond motifs is 5. The van der Waals surface area contributed by atoms with Crippen molar-refractivity contribution in [3.63, 3.8) is 0 Å². The Morgan fingerprint density at radius 1 is 1.16 bits per heavy atom. The van der Waals surface area contributed by atoms with Crippen molar-refractivity contribution >= 4 is 6.29 Å². The number of aldehydes is 1. The Bertz CT molecular complexity index is 635. The Morgan fingerprint density at radius 3 is 2.64 bits per heavy atom. The summed E-state index contributed by atoms with van der Waals surface area (Å²) in [6, 6.07) is 0. The molecule has 4 rings (SSSR count). The van der Waals surface area contributed by atoms with Crippen molar-refractivity contribution in [2.45, 2.75) is 71.5 Å². The van der Waals surface area contributed by atoms with E-state index in [0.29, 0.717) is 30.6 Å². The van der Waals surface area contributed by atoms with Crippen LogP contribution in [0.3, 0.4) is 0 Å². The number of aliphatic hydroxyl groups excluding tert-OH is 2. The van der Waals surface area contributed by atoms with Gasteiger partial charge in [0.15, 0.2) is 0 Å². The zero-order chi connectivity index (χ0) is 18.0. The summed E-state index contributed by atoms with van der Waals surface area (Å²) in [5.41, 5.74) is 2.73. The molecule has 0 spiro atoms. The summed E-state index contributed by atoms with van der Waals surface area (Å²) < 4.78 is 0. The average molecular weight is 344 g/mol. The zero-order valence-electron chi connectivity index (χ0n) is 15.7. The normalized spacial score (nSPS) is 50.0. The molecule has 0 radical (unpaired) electrons. The van der Waals surface area contributed by atoms with E-state index in [9.17, 15) is 15.0 Å². The predicted molar refractivity (Wildman–Crippen MR) is 97.8 cm³/mol. The third-order valence-electron chi connectivity index (χ3n) is 8.57. The fourth-order valence-electron chi connectivity index (χ4n) is 7.05. The molecule has 0 heterocycles. The Kier molecular flexibility index (Phi) is 4.05. The molecule has 3 nitrogen and oxygen atoms in total. The van der Waals surface area contributed by atoms with Gasteiger partial charge in [0.2, 0.25) is 0 Å². The first-order valence-corrected chi connectivity index (χ1v) is 10.0. The molecule has 0 saturated heterocycles. The first-order valence-electron chi connectivity index (χ1n) is 10.0. The van der Waals surface area contributed by atoms with Crippen molar-refractivity contribution in [3.05, 3.63) is 23.3 Å². The maximum atomic E-state index is 11.4. The van der Waals surface area contributed by atoms with E-state index in [1.54, 1.807) is 0 Å². The molecule has 138 valence electrons. The number of rotatable bonds is 2. The van der Waals surface area contributed by atoms with Crippen LogP contribution >= 0.6 is 0 Å². The summed E-state index contributed by atoms with van der Waals surface area (Å²) in [6.07, 6.45) is 10.5. The van der Waals surface area contributed by atoms with Gasteiger partial charge >= 0.3 is 0 Å². The number of allylic oxidation sites excluding steroid dienone is 3. The van der Waals surface area contributed by atoms with Crippen LogP contribution in [-0.4, -0.2) is 28.7 Å². The van der Waals surface area contributed by atoms with Crippen LogP contribution in [0.4, 0.5) is 0 Å². The predicted octanol–water partition coefficient (Wildman–Crippen LogP) is 3.65. The number of hydrogen-bond acceptors (Lipinski definition) is 3. The standard InChI is InChI=1S/C22H32O3/c1-13(12-23)17-6-7-18-16-5-4-14-10-15(24)11-20(25)22(14,3)19(16)8-9-21(17,18)2/h4-5,12-13,15,17-20,24-25H,6-11H2,1-3H3/t13?,15-,17-,18+,19+,20+,21-,22+/m1/s1. The van der Waals surface area contributed by atoms with E-state index in [0.717, 1.165) is 25.5 Å². The van der Waals surface area contributed by atoms with Gasteiger partial charge in [-0.05, 0) is 55.3 Å². The van der Waals surface area contributed by atoms with Crippen LogP contribution in [0.25, 0.3) is 0 Å². The molecule has 25 heavy (non-hydrogen) atoms. The van der Waals surface area contributed by atoms with E-state index in [2.05, 4.69) is 32.9 Å². The lowest BCUT2D eigenvalue weighted by atomic mass is 9.49. The van der Waals surface area contributed by atoms with Crippen LogP contribution < -0.4 is 0 Å². The van der Waals surface area contributed by atoms with Crippen molar-refractivity contribution in [1.29, 1.82) is 0 Å². The summed E-state index contributed by atoms with van der Waals surface area (Å²) in [7, 11) is 0. The van der Waals surface area contributed by atoms with Crippen LogP contribution in [0.2, 0.25) is 0 Å². The van der Waals surface area contributed by atoms with E-state index < -0.39 is 12.2 Å². The first kappa shape index (κ1) is 17.5. The second kappa shape index (κ2) is 5.79. The van der Waals surface area contributed by atoms with Crippen molar-refractivity contribution in [1.82, 2.24) is 0 Å². The van der Waals surface area contributed by atoms with E-state index in [4.69, 9.17) is 0 Å². The van der Waals surface area contributed by atoms with Crippen LogP contribution in [0.1, 0.15) is 59.3 Å². The molecule has 3 heteroatoms. The Morgan fingerprint density at radius 2 is 1.92 bits per heavy atom. The number of hydrogen-bond donors (Lipinski definition) is 2. The Labute approximate surface area is 151 Å². The molecule has 1 unspecified atom stereocenters. The molecule has 4 aliphatic carbocycles. The minimum absolute atomic E-state index is 0.132. The Hall–Kier alpha value is -0.930. The highest BCUT2D eigenvalue weighted by atomic mass is 16.3. The molecule has 0 amide bonds. The fraction of sp³-hybridized carbons (Fsp3) is 0.773. The van der Waals surface area contributed by atoms with Gasteiger partial charge in [0, 0.05) is 17.8 Å². The lowest BCUT2D eigenvalue weighted by Gasteiger charge is -2.56. The van der Waals surface area contributed by atoms with Crippen molar-refractivity contribution in [2.75, 3.05) is 0 Å². The molecule has 0 aromatic heterocycles. The molecule has 0 aromatic carbocycles. The van der Waals surface area contributed by atoms with Crippen molar-refractivity contribution < 1.29 is 15.0 Å². The van der Waals surface area contributed by atoms with E-state index in [1.165, 1.54) is 17.6 Å². The molecular weight excluding hydrogens is 312 g/mol. The summed E-state index contributed by atoms with van der Waals surface area (Å²) in [4.78, 5) is 11.4. The largest absolute Gasteiger partial charge is 0.393 e. The van der Waals surface area contributed by atoms with Gasteiger partial charge in [0.05, 0.1) is 12.2 Å². The number of aliphatic hydroxyl groups is 2. The molecule has 3 saturated carbocycles. The molecule has 2 N–H and O–H groups in total. The summed E-state index contributed by atoms with van der Waals surface area (Å²) in [5, 5.41) is 21.0. The van der Waals surface area contributed by atoms with Gasteiger partial charge in [-0.15, -0.1) is 0 Å². The number of carbonyl (C=O) groups is 1. The SMILES string of the molecule is CC(C=O)[C@H]1CC[C@H]2C3=CC=C4C[C@@H](O)C[C@H](O)[C@]4(C)[C@H]3CC[C@]12C. The third-order valence-corrected chi connectivity index (χ3v) is 8.57. The molecular formula is C22H32O3. The minimum atomic E-state index is -0.466. The molecule has 0 aromatic rings. The molecule has 3 fully saturated rings. The van der Waals surface area contributed by atoms with Gasteiger partial charge in [-0.25, -0.2) is 0 Å². The van der Waals surface area contributed by atoms with E-state index in [1.807, 2.05) is 0 Å². The second-order valence-corrected chi connectivity index (χ2v) is 9.58. The second-order valence-electron chi connectivity index (χ2n) is 9.58. The average Bonchev–Trinajstić information content (AvgIpc) is 2.93. The van der Waals surface area contributed by atoms with E-state index >= 15 is 0 Å². The van der Waals surface area contributed by atoms with Gasteiger partial charge in [-0.3, -0.25) is 0 Å². The van der Waals surface area contributed by atoms with Gasteiger partial charge in [-0.1, -0.05) is 44.1 Å². The van der Waals surface area contributed by atoms with Crippen LogP contribution in [-0.2, 0) is 4.79 Å². The smallest absolute Gasteiger partial charge is 0.123 e. The van der Waals surface area contributed by atoms with Gasteiger partial charge in [0.1, 0.15) is 6.29 Å². The highest BCUT2D eigenvalue weighted by Crippen LogP contribution is 2.65. The van der Waals surface area contributed by atoms with Crippen LogP contribution in [0.5, 0.6) is 0 Å². The maximum Gasteiger partial charge on any atom is 0.123 e. The molecule has 0 aliphatic heterocycles. The zero-order valence-corrected chi connectivity index (χ0v) is 15.7. The highest BCUT2D eigenvalue weighted by molar-refractivity contribution is 5.54.